The van der Waals surface area contributed by atoms with Gasteiger partial charge in [0.2, 0.25) is 17.2 Å². The van der Waals surface area contributed by atoms with Crippen LogP contribution in [0, 0.1) is 0 Å². The summed E-state index contributed by atoms with van der Waals surface area (Å²) in [7, 11) is -15.4. The van der Waals surface area contributed by atoms with Crippen molar-refractivity contribution in [2.24, 2.45) is 20.5 Å². The molecule has 0 aliphatic rings. The third kappa shape index (κ3) is 12.4. The molecule has 0 unspecified atom stereocenters. The number of sulfone groups is 1. The standard InChI is InChI=1S/C43H39ClN10O14S4/c1-4-17-69(56,57)18-16-45-40(55)25-9-5-10-26(19-25)46-42-48-41(44)49-43(50-42)47-30-15-14-29(27-11-7-13-37(39(27)30)71(61,62)63)51-52-31-22-35(68-3)32(23-34(31)67-2)53-54-33-21-28-24(20-38(33)72(64,65)66)8-6-12-36(28)70(58,59)60/h5-15,19-23H,4,16-18H2,1-3H3,(H,45,55)(H,58,59,60)(H,61,62,63)(H,64,65,66)(H2,46,47,48,49,50). The molecule has 0 aliphatic carbocycles. The molecule has 1 heterocycles. The molecule has 0 radical (unpaired) electrons. The molecule has 6 aromatic carbocycles. The summed E-state index contributed by atoms with van der Waals surface area (Å²) in [5, 5.41) is 24.8. The zero-order chi connectivity index (χ0) is 52.2. The molecule has 0 bridgehead atoms. The van der Waals surface area contributed by atoms with E-state index in [1.54, 1.807) is 19.1 Å². The second-order valence-corrected chi connectivity index (χ2v) is 21.9. The predicted octanol–water partition coefficient (Wildman–Crippen LogP) is 8.46. The molecule has 29 heteroatoms. The summed E-state index contributed by atoms with van der Waals surface area (Å²) < 4.78 is 140. The molecular formula is C43H39ClN10O14S4. The van der Waals surface area contributed by atoms with E-state index in [4.69, 9.17) is 21.1 Å². The maximum atomic E-state index is 12.8. The minimum atomic E-state index is -4.95. The van der Waals surface area contributed by atoms with Crippen LogP contribution < -0.4 is 25.4 Å². The Bertz CT molecular complexity index is 3830. The number of azo groups is 2. The molecule has 7 rings (SSSR count). The fourth-order valence-corrected chi connectivity index (χ4v) is 10.5. The highest BCUT2D eigenvalue weighted by atomic mass is 35.5. The number of anilines is 4. The number of aromatic nitrogens is 3. The van der Waals surface area contributed by atoms with Crippen LogP contribution in [0.2, 0.25) is 5.28 Å². The monoisotopic (exact) mass is 1080 g/mol. The van der Waals surface area contributed by atoms with Gasteiger partial charge in [-0.25, -0.2) is 8.42 Å². The molecule has 0 fully saturated rings. The van der Waals surface area contributed by atoms with Crippen LogP contribution in [0.1, 0.15) is 23.7 Å². The smallest absolute Gasteiger partial charge is 0.296 e. The Morgan fingerprint density at radius 1 is 0.611 bits per heavy atom. The van der Waals surface area contributed by atoms with Gasteiger partial charge >= 0.3 is 0 Å². The average Bonchev–Trinajstić information content (AvgIpc) is 3.31. The van der Waals surface area contributed by atoms with Crippen molar-refractivity contribution in [3.05, 3.63) is 108 Å². The Balaban J connectivity index is 1.19. The fourth-order valence-electron chi connectivity index (χ4n) is 7.06. The zero-order valence-corrected chi connectivity index (χ0v) is 41.6. The summed E-state index contributed by atoms with van der Waals surface area (Å²) in [5.74, 6) is -1.03. The number of ether oxygens (including phenoxy) is 2. The average molecular weight is 1080 g/mol. The molecule has 0 aliphatic heterocycles. The highest BCUT2D eigenvalue weighted by Gasteiger charge is 2.23. The lowest BCUT2D eigenvalue weighted by Gasteiger charge is -2.14. The van der Waals surface area contributed by atoms with E-state index in [2.05, 4.69) is 51.4 Å². The van der Waals surface area contributed by atoms with Crippen molar-refractivity contribution >= 4 is 125 Å². The molecule has 376 valence electrons. The van der Waals surface area contributed by atoms with E-state index in [-0.39, 0.29) is 96.6 Å². The van der Waals surface area contributed by atoms with E-state index in [0.717, 1.165) is 24.3 Å². The van der Waals surface area contributed by atoms with Gasteiger partial charge in [-0.05, 0) is 78.0 Å². The van der Waals surface area contributed by atoms with Crippen LogP contribution in [0.15, 0.2) is 132 Å². The molecule has 0 saturated heterocycles. The van der Waals surface area contributed by atoms with E-state index in [9.17, 15) is 52.1 Å². The van der Waals surface area contributed by atoms with Crippen molar-refractivity contribution in [3.8, 4) is 11.5 Å². The first-order chi connectivity index (χ1) is 34.0. The minimum absolute atomic E-state index is 0.00673. The van der Waals surface area contributed by atoms with Gasteiger partial charge in [-0.3, -0.25) is 18.5 Å². The first-order valence-corrected chi connectivity index (χ1v) is 27.2. The van der Waals surface area contributed by atoms with Crippen LogP contribution in [0.5, 0.6) is 11.5 Å². The summed E-state index contributed by atoms with van der Waals surface area (Å²) >= 11 is 6.28. The Labute approximate surface area is 415 Å². The molecule has 0 spiro atoms. The lowest BCUT2D eigenvalue weighted by molar-refractivity contribution is 0.0956. The number of benzene rings is 6. The van der Waals surface area contributed by atoms with Crippen molar-refractivity contribution in [1.29, 1.82) is 0 Å². The third-order valence-electron chi connectivity index (χ3n) is 10.2. The molecule has 0 atom stereocenters. The number of hydrogen-bond donors (Lipinski definition) is 6. The van der Waals surface area contributed by atoms with Gasteiger partial charge in [-0.15, -0.1) is 20.5 Å². The number of halogens is 1. The molecule has 6 N–H and O–H groups in total. The number of hydrogen-bond acceptors (Lipinski definition) is 20. The highest BCUT2D eigenvalue weighted by Crippen LogP contribution is 2.43. The van der Waals surface area contributed by atoms with Gasteiger partial charge in [0.15, 0.2) is 9.84 Å². The molecular weight excluding hydrogens is 1040 g/mol. The van der Waals surface area contributed by atoms with E-state index < -0.39 is 66.5 Å². The van der Waals surface area contributed by atoms with Crippen LogP contribution in [0.25, 0.3) is 21.5 Å². The fraction of sp³-hybridized carbons (Fsp3) is 0.163. The van der Waals surface area contributed by atoms with Gasteiger partial charge < -0.3 is 25.4 Å². The SMILES string of the molecule is CCCS(=O)(=O)CCNC(=O)c1cccc(Nc2nc(Cl)nc(Nc3ccc(N=Nc4cc(OC)c(N=Nc5cc6c(S(=O)(=O)O)cccc6cc5S(=O)(=O)O)cc4OC)c4cccc(S(=O)(=O)O)c34)n2)c1. The second kappa shape index (κ2) is 21.2. The summed E-state index contributed by atoms with van der Waals surface area (Å²) in [6, 6.07) is 21.3. The van der Waals surface area contributed by atoms with Gasteiger partial charge in [-0.1, -0.05) is 37.3 Å². The largest absolute Gasteiger partial charge is 0.494 e. The van der Waals surface area contributed by atoms with Crippen LogP contribution >= 0.6 is 11.6 Å². The maximum Gasteiger partial charge on any atom is 0.296 e. The number of amides is 1. The number of rotatable bonds is 19. The number of nitrogens with zero attached hydrogens (tertiary/aromatic N) is 7. The number of carbonyl (C=O) groups excluding carboxylic acids is 1. The Morgan fingerprint density at radius 3 is 1.82 bits per heavy atom. The summed E-state index contributed by atoms with van der Waals surface area (Å²) in [5.41, 5.74) is 0.120. The summed E-state index contributed by atoms with van der Waals surface area (Å²) in [6.45, 7) is 1.66. The van der Waals surface area contributed by atoms with Gasteiger partial charge in [-0.2, -0.15) is 40.2 Å². The lowest BCUT2D eigenvalue weighted by Crippen LogP contribution is -2.29. The Morgan fingerprint density at radius 2 is 1.19 bits per heavy atom. The summed E-state index contributed by atoms with van der Waals surface area (Å²) in [4.78, 5) is 23.5. The predicted molar refractivity (Wildman–Crippen MR) is 264 cm³/mol. The Hall–Kier alpha value is -7.31. The number of nitrogens with one attached hydrogen (secondary N) is 3. The molecule has 1 aromatic heterocycles. The number of fused-ring (bicyclic) bond motifs is 2. The molecule has 7 aromatic rings. The first-order valence-electron chi connectivity index (χ1n) is 20.7. The third-order valence-corrected chi connectivity index (χ3v) is 14.9. The second-order valence-electron chi connectivity index (χ2n) is 15.1. The van der Waals surface area contributed by atoms with E-state index >= 15 is 0 Å². The van der Waals surface area contributed by atoms with Gasteiger partial charge in [0.05, 0.1) is 31.3 Å². The van der Waals surface area contributed by atoms with Gasteiger partial charge in [0, 0.05) is 51.8 Å². The maximum absolute atomic E-state index is 12.8. The topological polar surface area (TPSA) is 357 Å². The van der Waals surface area contributed by atoms with Gasteiger partial charge in [0.1, 0.15) is 43.2 Å². The van der Waals surface area contributed by atoms with Crippen molar-refractivity contribution in [1.82, 2.24) is 20.3 Å². The number of methoxy groups -OCH3 is 2. The van der Waals surface area contributed by atoms with Gasteiger partial charge in [0.25, 0.3) is 36.3 Å². The quantitative estimate of drug-likeness (QED) is 0.0326. The van der Waals surface area contributed by atoms with Crippen molar-refractivity contribution in [3.63, 3.8) is 0 Å². The molecule has 24 nitrogen and oxygen atoms in total. The van der Waals surface area contributed by atoms with Crippen LogP contribution in [0.3, 0.4) is 0 Å². The highest BCUT2D eigenvalue weighted by molar-refractivity contribution is 7.91. The van der Waals surface area contributed by atoms with Crippen molar-refractivity contribution < 1.29 is 61.6 Å². The molecule has 72 heavy (non-hydrogen) atoms. The van der Waals surface area contributed by atoms with Crippen LogP contribution in [-0.2, 0) is 40.2 Å². The molecule has 1 amide bonds. The number of carbonyl (C=O) groups is 1. The lowest BCUT2D eigenvalue weighted by atomic mass is 10.1. The molecule has 0 saturated carbocycles. The normalized spacial score (nSPS) is 12.4. The first kappa shape index (κ1) is 52.5. The van der Waals surface area contributed by atoms with Crippen molar-refractivity contribution in [2.45, 2.75) is 28.0 Å². The van der Waals surface area contributed by atoms with E-state index in [1.165, 1.54) is 74.9 Å². The van der Waals surface area contributed by atoms with Crippen LogP contribution in [0.4, 0.5) is 46.0 Å². The summed E-state index contributed by atoms with van der Waals surface area (Å²) in [6.07, 6.45) is 0.455. The Kier molecular flexibility index (Phi) is 15.5. The zero-order valence-electron chi connectivity index (χ0n) is 37.5. The van der Waals surface area contributed by atoms with Crippen molar-refractivity contribution in [2.75, 3.05) is 42.9 Å². The van der Waals surface area contributed by atoms with Crippen LogP contribution in [-0.4, -0.2) is 100 Å². The van der Waals surface area contributed by atoms with E-state index in [1.807, 2.05) is 0 Å². The van der Waals surface area contributed by atoms with E-state index in [0.29, 0.717) is 12.1 Å². The minimum Gasteiger partial charge on any atom is -0.494 e.